The summed E-state index contributed by atoms with van der Waals surface area (Å²) in [5.74, 6) is 0.414. The minimum Gasteiger partial charge on any atom is -0.274 e. The van der Waals surface area contributed by atoms with Crippen LogP contribution in [-0.4, -0.2) is 20.4 Å². The zero-order valence-corrected chi connectivity index (χ0v) is 13.1. The van der Waals surface area contributed by atoms with Crippen LogP contribution < -0.4 is 0 Å². The van der Waals surface area contributed by atoms with Crippen LogP contribution in [0.3, 0.4) is 0 Å². The summed E-state index contributed by atoms with van der Waals surface area (Å²) in [6.45, 7) is 1.52. The Balaban J connectivity index is 2.11. The molecular formula is C18H12ClN3O. The summed E-state index contributed by atoms with van der Waals surface area (Å²) in [6, 6.07) is 17.1. The van der Waals surface area contributed by atoms with Gasteiger partial charge in [-0.3, -0.25) is 9.36 Å². The molecule has 1 aliphatic heterocycles. The van der Waals surface area contributed by atoms with Crippen molar-refractivity contribution >= 4 is 28.5 Å². The molecule has 1 aliphatic carbocycles. The molecule has 4 nitrogen and oxygen atoms in total. The number of nitrogens with zero attached hydrogens (tertiary/aromatic N) is 3. The lowest BCUT2D eigenvalue weighted by Gasteiger charge is -2.05. The van der Waals surface area contributed by atoms with Gasteiger partial charge in [-0.25, -0.2) is 9.97 Å². The fourth-order valence-corrected chi connectivity index (χ4v) is 3.12. The van der Waals surface area contributed by atoms with Crippen LogP contribution >= 0.6 is 11.6 Å². The molecule has 1 aromatic carbocycles. The van der Waals surface area contributed by atoms with Crippen molar-refractivity contribution in [1.82, 2.24) is 14.5 Å². The van der Waals surface area contributed by atoms with Crippen LogP contribution in [0, 0.1) is 0 Å². The van der Waals surface area contributed by atoms with Crippen molar-refractivity contribution in [2.45, 2.75) is 6.92 Å². The predicted molar refractivity (Wildman–Crippen MR) is 90.9 cm³/mol. The molecule has 5 heteroatoms. The zero-order chi connectivity index (χ0) is 16.0. The van der Waals surface area contributed by atoms with Crippen molar-refractivity contribution in [2.75, 3.05) is 0 Å². The first kappa shape index (κ1) is 13.9. The summed E-state index contributed by atoms with van der Waals surface area (Å²) in [4.78, 5) is 21.2. The Morgan fingerprint density at radius 1 is 1.00 bits per heavy atom. The van der Waals surface area contributed by atoms with Gasteiger partial charge in [0.1, 0.15) is 5.15 Å². The van der Waals surface area contributed by atoms with Crippen molar-refractivity contribution in [3.63, 3.8) is 0 Å². The summed E-state index contributed by atoms with van der Waals surface area (Å²) in [7, 11) is 0. The number of hydrogen-bond acceptors (Lipinski definition) is 3. The lowest BCUT2D eigenvalue weighted by molar-refractivity contribution is 0.0943. The van der Waals surface area contributed by atoms with E-state index in [2.05, 4.69) is 9.97 Å². The monoisotopic (exact) mass is 321 g/mol. The predicted octanol–water partition coefficient (Wildman–Crippen LogP) is 4.52. The molecule has 0 bridgehead atoms. The van der Waals surface area contributed by atoms with Gasteiger partial charge in [0, 0.05) is 12.5 Å². The molecule has 4 rings (SSSR count). The number of carbonyl (C=O) groups excluding carboxylic acids is 1. The van der Waals surface area contributed by atoms with Crippen LogP contribution in [0.25, 0.3) is 33.7 Å². The van der Waals surface area contributed by atoms with E-state index in [9.17, 15) is 4.79 Å². The summed E-state index contributed by atoms with van der Waals surface area (Å²) in [6.07, 6.45) is 0. The highest BCUT2D eigenvalue weighted by atomic mass is 35.5. The second kappa shape index (κ2) is 5.18. The summed E-state index contributed by atoms with van der Waals surface area (Å²) in [5.41, 5.74) is 3.85. The quantitative estimate of drug-likeness (QED) is 0.518. The van der Waals surface area contributed by atoms with E-state index in [-0.39, 0.29) is 5.91 Å². The lowest BCUT2D eigenvalue weighted by atomic mass is 10.1. The maximum absolute atomic E-state index is 12.2. The van der Waals surface area contributed by atoms with Crippen molar-refractivity contribution in [2.24, 2.45) is 0 Å². The van der Waals surface area contributed by atoms with E-state index in [1.807, 2.05) is 54.6 Å². The van der Waals surface area contributed by atoms with E-state index >= 15 is 0 Å². The van der Waals surface area contributed by atoms with Crippen LogP contribution in [0.15, 0.2) is 54.6 Å². The first-order valence-electron chi connectivity index (χ1n) is 7.20. The number of benzene rings is 1. The van der Waals surface area contributed by atoms with E-state index in [0.29, 0.717) is 16.5 Å². The highest BCUT2D eigenvalue weighted by Crippen LogP contribution is 2.39. The number of rotatable bonds is 1. The molecule has 2 aliphatic rings. The number of carbonyl (C=O) groups is 1. The Morgan fingerprint density at radius 2 is 1.74 bits per heavy atom. The fraction of sp³-hybridized carbons (Fsp3) is 0.0556. The highest BCUT2D eigenvalue weighted by Gasteiger charge is 2.24. The average Bonchev–Trinajstić information content (AvgIpc) is 2.96. The maximum Gasteiger partial charge on any atom is 0.229 e. The summed E-state index contributed by atoms with van der Waals surface area (Å²) in [5, 5.41) is 0.351. The molecule has 2 aromatic rings. The molecule has 2 heterocycles. The van der Waals surface area contributed by atoms with Gasteiger partial charge in [0.25, 0.3) is 0 Å². The third-order valence-electron chi connectivity index (χ3n) is 3.81. The molecule has 0 atom stereocenters. The average molecular weight is 322 g/mol. The fourth-order valence-electron chi connectivity index (χ4n) is 2.84. The van der Waals surface area contributed by atoms with Crippen molar-refractivity contribution in [1.29, 1.82) is 0 Å². The van der Waals surface area contributed by atoms with E-state index < -0.39 is 0 Å². The Morgan fingerprint density at radius 3 is 2.57 bits per heavy atom. The van der Waals surface area contributed by atoms with Crippen molar-refractivity contribution in [3.8, 4) is 22.6 Å². The van der Waals surface area contributed by atoms with E-state index in [1.54, 1.807) is 4.57 Å². The number of aromatic nitrogens is 3. The van der Waals surface area contributed by atoms with Crippen LogP contribution in [0.1, 0.15) is 11.7 Å². The molecule has 112 valence electrons. The first-order chi connectivity index (χ1) is 11.2. The number of halogens is 1. The van der Waals surface area contributed by atoms with Gasteiger partial charge in [0.05, 0.1) is 22.3 Å². The molecule has 0 unspecified atom stereocenters. The van der Waals surface area contributed by atoms with E-state index in [4.69, 9.17) is 11.6 Å². The molecule has 0 fully saturated rings. The van der Waals surface area contributed by atoms with Crippen LogP contribution in [0.4, 0.5) is 0 Å². The first-order valence-corrected chi connectivity index (χ1v) is 7.57. The largest absolute Gasteiger partial charge is 0.274 e. The molecule has 0 radical (unpaired) electrons. The van der Waals surface area contributed by atoms with Gasteiger partial charge in [-0.15, -0.1) is 0 Å². The van der Waals surface area contributed by atoms with Crippen LogP contribution in [0.5, 0.6) is 0 Å². The Kier molecular flexibility index (Phi) is 3.13. The summed E-state index contributed by atoms with van der Waals surface area (Å²) < 4.78 is 1.59. The van der Waals surface area contributed by atoms with Gasteiger partial charge in [-0.1, -0.05) is 48.0 Å². The van der Waals surface area contributed by atoms with E-state index in [0.717, 1.165) is 22.3 Å². The third kappa shape index (κ3) is 2.11. The van der Waals surface area contributed by atoms with Gasteiger partial charge < -0.3 is 0 Å². The minimum atomic E-state index is -0.112. The molecule has 1 aromatic heterocycles. The number of para-hydroxylation sites is 2. The third-order valence-corrected chi connectivity index (χ3v) is 4.08. The Labute approximate surface area is 137 Å². The number of imidazole rings is 1. The molecule has 23 heavy (non-hydrogen) atoms. The Bertz CT molecular complexity index is 1020. The molecule has 0 spiro atoms. The van der Waals surface area contributed by atoms with Gasteiger partial charge in [0.15, 0.2) is 5.82 Å². The second-order valence-corrected chi connectivity index (χ2v) is 5.62. The topological polar surface area (TPSA) is 47.8 Å². The molecule has 0 amide bonds. The molecule has 0 N–H and O–H groups in total. The smallest absolute Gasteiger partial charge is 0.229 e. The Hall–Kier alpha value is -2.72. The number of hydrogen-bond donors (Lipinski definition) is 0. The van der Waals surface area contributed by atoms with Crippen LogP contribution in [-0.2, 0) is 0 Å². The normalized spacial score (nSPS) is 11.2. The van der Waals surface area contributed by atoms with Crippen molar-refractivity contribution < 1.29 is 4.79 Å². The standard InChI is InChI=1S/C18H12ClN3O/c1-11(23)22-15-10-6-5-9-14(15)21-18(22)16-12-7-3-2-4-8-13(12)20-17(16)19/h2-10H,1H3. The van der Waals surface area contributed by atoms with Gasteiger partial charge in [-0.05, 0) is 18.2 Å². The van der Waals surface area contributed by atoms with Gasteiger partial charge in [0.2, 0.25) is 5.91 Å². The number of fused-ring (bicyclic) bond motifs is 2. The maximum atomic E-state index is 12.2. The summed E-state index contributed by atoms with van der Waals surface area (Å²) >= 11 is 6.37. The lowest BCUT2D eigenvalue weighted by Crippen LogP contribution is -2.07. The van der Waals surface area contributed by atoms with Crippen LogP contribution in [0.2, 0.25) is 5.15 Å². The van der Waals surface area contributed by atoms with E-state index in [1.165, 1.54) is 6.92 Å². The molecular weight excluding hydrogens is 310 g/mol. The van der Waals surface area contributed by atoms with Gasteiger partial charge >= 0.3 is 0 Å². The minimum absolute atomic E-state index is 0.112. The molecule has 0 saturated carbocycles. The molecule has 0 saturated heterocycles. The highest BCUT2D eigenvalue weighted by molar-refractivity contribution is 6.33. The van der Waals surface area contributed by atoms with Gasteiger partial charge in [-0.2, -0.15) is 0 Å². The van der Waals surface area contributed by atoms with Crippen molar-refractivity contribution in [3.05, 3.63) is 59.8 Å². The SMILES string of the molecule is CC(=O)n1c(-c2c3cccccc-3nc2Cl)nc2ccccc21. The zero-order valence-electron chi connectivity index (χ0n) is 12.3. The second-order valence-electron chi connectivity index (χ2n) is 5.27.